The van der Waals surface area contributed by atoms with Gasteiger partial charge < -0.3 is 17.7 Å². The average Bonchev–Trinajstić information content (AvgIpc) is 2.12. The van der Waals surface area contributed by atoms with Crippen molar-refractivity contribution in [2.24, 2.45) is 0 Å². The molecule has 17 heavy (non-hydrogen) atoms. The zero-order valence-electron chi connectivity index (χ0n) is 9.39. The molecule has 1 aromatic carbocycles. The van der Waals surface area contributed by atoms with Crippen molar-refractivity contribution in [2.75, 3.05) is 6.61 Å². The van der Waals surface area contributed by atoms with Gasteiger partial charge in [-0.05, 0) is 19.1 Å². The topological polar surface area (TPSA) is 9.23 Å². The van der Waals surface area contributed by atoms with Crippen molar-refractivity contribution in [1.29, 1.82) is 0 Å². The van der Waals surface area contributed by atoms with Crippen LogP contribution < -0.4 is 61.6 Å². The minimum Gasteiger partial charge on any atom is -0.488 e. The molecule has 0 heterocycles. The van der Waals surface area contributed by atoms with Crippen LogP contribution in [0.2, 0.25) is 0 Å². The molecule has 0 N–H and O–H groups in total. The maximum atomic E-state index is 12.4. The first-order valence-electron chi connectivity index (χ1n) is 4.52. The Labute approximate surface area is 138 Å². The molecular weight excluding hydrogens is 269 g/mol. The van der Waals surface area contributed by atoms with E-state index < -0.39 is 25.5 Å². The van der Waals surface area contributed by atoms with E-state index in [2.05, 4.69) is 4.74 Å². The van der Waals surface area contributed by atoms with Crippen molar-refractivity contribution in [1.82, 2.24) is 0 Å². The third kappa shape index (κ3) is 5.69. The van der Waals surface area contributed by atoms with Crippen LogP contribution in [0.4, 0.5) is 21.7 Å². The fourth-order valence-electron chi connectivity index (χ4n) is 1.26. The number of hydrogen-bond acceptors (Lipinski definition) is 1. The predicted octanol–water partition coefficient (Wildman–Crippen LogP) is -0.303. The third-order valence-corrected chi connectivity index (χ3v) is 1.97. The summed E-state index contributed by atoms with van der Waals surface area (Å²) in [7, 11) is 0. The molecule has 0 saturated heterocycles. The first kappa shape index (κ1) is 17.4. The Kier molecular flexibility index (Phi) is 7.24. The van der Waals surface area contributed by atoms with Crippen molar-refractivity contribution in [2.45, 2.75) is 13.3 Å². The zero-order valence-corrected chi connectivity index (χ0v) is 12.5. The van der Waals surface area contributed by atoms with E-state index in [1.54, 1.807) is 0 Å². The Morgan fingerprint density at radius 3 is 2.24 bits per heavy atom. The fourth-order valence-corrected chi connectivity index (χ4v) is 1.26. The monoisotopic (exact) mass is 278 g/mol. The van der Waals surface area contributed by atoms with E-state index in [1.165, 1.54) is 6.92 Å². The molecule has 0 unspecified atom stereocenters. The van der Waals surface area contributed by atoms with Crippen LogP contribution >= 0.6 is 0 Å². The van der Waals surface area contributed by atoms with Crippen LogP contribution in [0.3, 0.4) is 0 Å². The molecule has 1 aromatic rings. The molecule has 8 heteroatoms. The van der Waals surface area contributed by atoms with E-state index in [4.69, 9.17) is 0 Å². The summed E-state index contributed by atoms with van der Waals surface area (Å²) in [6.07, 6.45) is -2.65. The molecule has 0 bridgehead atoms. The molecule has 0 saturated carbocycles. The summed E-state index contributed by atoms with van der Waals surface area (Å²) in [5, 5.41) is 0. The van der Waals surface area contributed by atoms with E-state index in [0.29, 0.717) is 0 Å². The first-order valence-corrected chi connectivity index (χ1v) is 4.52. The van der Waals surface area contributed by atoms with Crippen molar-refractivity contribution < 1.29 is 77.8 Å². The molecule has 0 atom stereocenters. The summed E-state index contributed by atoms with van der Waals surface area (Å²) < 4.78 is 65.4. The Bertz CT molecular complexity index is 369. The number of benzene rings is 1. The van der Waals surface area contributed by atoms with E-state index in [0.717, 1.165) is 18.2 Å². The predicted molar refractivity (Wildman–Crippen MR) is 51.4 cm³/mol. The van der Waals surface area contributed by atoms with Gasteiger partial charge in [-0.25, -0.2) is 8.78 Å². The van der Waals surface area contributed by atoms with Crippen molar-refractivity contribution in [3.05, 3.63) is 23.8 Å². The fraction of sp³-hybridized carbons (Fsp3) is 0.333. The largest absolute Gasteiger partial charge is 1.00 e. The molecule has 0 amide bonds. The minimum absolute atomic E-state index is 0. The molecule has 0 aliphatic carbocycles. The van der Waals surface area contributed by atoms with Gasteiger partial charge in [-0.2, -0.15) is 0 Å². The molecule has 0 fully saturated rings. The molecule has 0 radical (unpaired) electrons. The van der Waals surface area contributed by atoms with Crippen molar-refractivity contribution >= 4 is 12.4 Å². The van der Waals surface area contributed by atoms with E-state index in [-0.39, 0.29) is 62.7 Å². The Morgan fingerprint density at radius 1 is 1.24 bits per heavy atom. The van der Waals surface area contributed by atoms with E-state index in [1.807, 2.05) is 0 Å². The van der Waals surface area contributed by atoms with Crippen LogP contribution in [0.5, 0.6) is 5.75 Å². The van der Waals surface area contributed by atoms with Gasteiger partial charge in [0.2, 0.25) is 0 Å². The van der Waals surface area contributed by atoms with Crippen LogP contribution in [0.25, 0.3) is 0 Å². The van der Waals surface area contributed by atoms with Crippen LogP contribution in [-0.4, -0.2) is 20.0 Å². The molecule has 0 aliphatic rings. The normalized spacial score (nSPS) is 11.2. The Hall–Kier alpha value is 0.371. The number of halogens is 5. The second kappa shape index (κ2) is 7.08. The summed E-state index contributed by atoms with van der Waals surface area (Å²) >= 11 is 0. The Morgan fingerprint density at radius 2 is 1.82 bits per heavy atom. The Balaban J connectivity index is 0.00000256. The molecule has 1 nitrogen and oxygen atoms in total. The summed E-state index contributed by atoms with van der Waals surface area (Å²) in [6.45, 7) is -4.63. The van der Waals surface area contributed by atoms with Crippen LogP contribution in [0.1, 0.15) is 5.56 Å². The van der Waals surface area contributed by atoms with Gasteiger partial charge in [-0.15, -0.1) is 5.46 Å². The van der Waals surface area contributed by atoms with E-state index >= 15 is 0 Å². The molecule has 1 rings (SSSR count). The van der Waals surface area contributed by atoms with Crippen LogP contribution in [0, 0.1) is 6.92 Å². The SMILES string of the molecule is Cc1cc(OCC(F)F)ccc1[B-](F)(F)F.[K+]. The maximum absolute atomic E-state index is 12.4. The van der Waals surface area contributed by atoms with Gasteiger partial charge in [0.05, 0.1) is 0 Å². The number of ether oxygens (including phenoxy) is 1. The third-order valence-electron chi connectivity index (χ3n) is 1.97. The number of hydrogen-bond donors (Lipinski definition) is 0. The average molecular weight is 278 g/mol. The van der Waals surface area contributed by atoms with Crippen LogP contribution in [-0.2, 0) is 0 Å². The zero-order chi connectivity index (χ0) is 12.3. The van der Waals surface area contributed by atoms with Gasteiger partial charge in [0, 0.05) is 0 Å². The standard InChI is InChI=1S/C9H9BF5O.K/c1-6-4-7(16-5-9(11)12)2-3-8(6)10(13,14)15;/h2-4,9H,5H2,1H3;/q-1;+1. The number of alkyl halides is 2. The summed E-state index contributed by atoms with van der Waals surface area (Å²) in [5.41, 5.74) is -0.760. The number of aryl methyl sites for hydroxylation is 1. The molecule has 0 aromatic heterocycles. The molecular formula is C9H9BF5KO. The smallest absolute Gasteiger partial charge is 0.488 e. The molecule has 0 aliphatic heterocycles. The van der Waals surface area contributed by atoms with Gasteiger partial charge in [0.1, 0.15) is 12.4 Å². The molecule has 90 valence electrons. The quantitative estimate of drug-likeness (QED) is 0.542. The van der Waals surface area contributed by atoms with Crippen LogP contribution in [0.15, 0.2) is 18.2 Å². The van der Waals surface area contributed by atoms with Gasteiger partial charge in [0.15, 0.2) is 0 Å². The second-order valence-electron chi connectivity index (χ2n) is 3.30. The molecule has 0 spiro atoms. The number of rotatable bonds is 4. The van der Waals surface area contributed by atoms with Gasteiger partial charge in [-0.1, -0.05) is 11.6 Å². The first-order chi connectivity index (χ1) is 7.30. The van der Waals surface area contributed by atoms with Crippen molar-refractivity contribution in [3.8, 4) is 5.75 Å². The minimum atomic E-state index is -5.07. The summed E-state index contributed by atoms with van der Waals surface area (Å²) in [6, 6.07) is 2.99. The summed E-state index contributed by atoms with van der Waals surface area (Å²) in [5.74, 6) is 0.0154. The van der Waals surface area contributed by atoms with Gasteiger partial charge in [-0.3, -0.25) is 0 Å². The summed E-state index contributed by atoms with van der Waals surface area (Å²) in [4.78, 5) is 0. The maximum Gasteiger partial charge on any atom is 1.00 e. The van der Waals surface area contributed by atoms with Gasteiger partial charge in [0.25, 0.3) is 6.43 Å². The van der Waals surface area contributed by atoms with E-state index in [9.17, 15) is 21.7 Å². The second-order valence-corrected chi connectivity index (χ2v) is 3.30. The van der Waals surface area contributed by atoms with Gasteiger partial charge >= 0.3 is 58.4 Å². The van der Waals surface area contributed by atoms with Crippen molar-refractivity contribution in [3.63, 3.8) is 0 Å².